The molecule has 3 aromatic heterocycles. The van der Waals surface area contributed by atoms with Crippen LogP contribution in [0.5, 0.6) is 0 Å². The van der Waals surface area contributed by atoms with Crippen LogP contribution < -0.4 is 0 Å². The SMILES string of the molecule is CCC(C)(CC)C(=O)/C=C(\O)C(C)(CC)CC.Cc1ccc2c(n1)oc1c(-c3ccccn3)[c-]ccc12.[Ir]. The van der Waals surface area contributed by atoms with Gasteiger partial charge >= 0.3 is 0 Å². The van der Waals surface area contributed by atoms with Crippen molar-refractivity contribution in [1.82, 2.24) is 9.97 Å². The number of aryl methyl sites for hydroxylation is 1. The molecular weight excluding hydrogens is 653 g/mol. The van der Waals surface area contributed by atoms with Crippen molar-refractivity contribution in [3.8, 4) is 11.3 Å². The second-order valence-corrected chi connectivity index (χ2v) is 10.1. The molecule has 0 amide bonds. The van der Waals surface area contributed by atoms with Crippen LogP contribution in [0.3, 0.4) is 0 Å². The topological polar surface area (TPSA) is 76.2 Å². The van der Waals surface area contributed by atoms with Crippen molar-refractivity contribution in [2.45, 2.75) is 74.1 Å². The number of hydrogen-bond donors (Lipinski definition) is 1. The molecule has 0 spiro atoms. The van der Waals surface area contributed by atoms with E-state index in [-0.39, 0.29) is 42.5 Å². The molecule has 1 radical (unpaired) electrons. The van der Waals surface area contributed by atoms with Crippen LogP contribution in [0.2, 0.25) is 0 Å². The van der Waals surface area contributed by atoms with E-state index in [1.165, 1.54) is 6.08 Å². The van der Waals surface area contributed by atoms with Crippen molar-refractivity contribution in [3.63, 3.8) is 0 Å². The number of aromatic nitrogens is 2. The van der Waals surface area contributed by atoms with E-state index in [0.29, 0.717) is 5.71 Å². The van der Waals surface area contributed by atoms with Gasteiger partial charge in [-0.2, -0.15) is 0 Å². The summed E-state index contributed by atoms with van der Waals surface area (Å²) in [5.41, 5.74) is 3.53. The Bertz CT molecular complexity index is 1380. The van der Waals surface area contributed by atoms with E-state index in [1.54, 1.807) is 6.20 Å². The average Bonchev–Trinajstić information content (AvgIpc) is 3.30. The van der Waals surface area contributed by atoms with Crippen molar-refractivity contribution >= 4 is 27.9 Å². The third-order valence-electron chi connectivity index (χ3n) is 7.96. The first-order valence-electron chi connectivity index (χ1n) is 13.2. The summed E-state index contributed by atoms with van der Waals surface area (Å²) in [6, 6.07) is 17.0. The van der Waals surface area contributed by atoms with Crippen LogP contribution in [0.15, 0.2) is 64.9 Å². The maximum absolute atomic E-state index is 12.2. The average molecular weight is 692 g/mol. The minimum Gasteiger partial charge on any atom is -0.512 e. The standard InChI is InChI=1S/C17H11N2O.C15H28O2.Ir/c1-11-8-9-13-12-5-4-6-14(15-7-2-3-10-18-15)16(12)20-17(13)19-11;1-7-14(5,8-2)12(16)11-13(17)15(6,9-3)10-4;/h2-5,7-10H,1H3;11,16H,7-10H2,1-6H3;/q-1;;/b;12-11-;. The van der Waals surface area contributed by atoms with Crippen LogP contribution in [-0.2, 0) is 24.9 Å². The molecule has 4 rings (SSSR count). The van der Waals surface area contributed by atoms with Gasteiger partial charge in [0.05, 0.1) is 5.58 Å². The number of allylic oxidation sites excluding steroid dienone is 2. The molecule has 3 heterocycles. The van der Waals surface area contributed by atoms with Crippen molar-refractivity contribution in [2.75, 3.05) is 0 Å². The molecule has 205 valence electrons. The molecule has 0 saturated heterocycles. The summed E-state index contributed by atoms with van der Waals surface area (Å²) in [4.78, 5) is 21.0. The van der Waals surface area contributed by atoms with Crippen molar-refractivity contribution in [3.05, 3.63) is 72.3 Å². The molecule has 5 nitrogen and oxygen atoms in total. The Labute approximate surface area is 240 Å². The van der Waals surface area contributed by atoms with Gasteiger partial charge in [-0.3, -0.25) is 4.79 Å². The van der Waals surface area contributed by atoms with Gasteiger partial charge in [-0.25, -0.2) is 4.98 Å². The van der Waals surface area contributed by atoms with Crippen LogP contribution in [0.25, 0.3) is 33.3 Å². The first-order chi connectivity index (χ1) is 17.6. The minimum absolute atomic E-state index is 0. The number of rotatable bonds is 8. The molecule has 0 aliphatic rings. The quantitative estimate of drug-likeness (QED) is 0.114. The fourth-order valence-electron chi connectivity index (χ4n) is 4.10. The number of aliphatic hydroxyl groups excluding tert-OH is 1. The molecular formula is C32H39IrN2O3-. The molecule has 1 aromatic carbocycles. The van der Waals surface area contributed by atoms with Gasteiger partial charge in [0, 0.05) is 54.3 Å². The molecule has 0 unspecified atom stereocenters. The maximum Gasteiger partial charge on any atom is 0.216 e. The monoisotopic (exact) mass is 692 g/mol. The molecule has 0 aliphatic heterocycles. The van der Waals surface area contributed by atoms with Crippen LogP contribution >= 0.6 is 0 Å². The number of fused-ring (bicyclic) bond motifs is 3. The molecule has 6 heteroatoms. The zero-order valence-corrected chi connectivity index (χ0v) is 25.9. The fourth-order valence-corrected chi connectivity index (χ4v) is 4.10. The Kier molecular flexibility index (Phi) is 11.0. The predicted octanol–water partition coefficient (Wildman–Crippen LogP) is 8.80. The Morgan fingerprint density at radius 2 is 1.63 bits per heavy atom. The van der Waals surface area contributed by atoms with E-state index in [1.807, 2.05) is 90.9 Å². The number of aliphatic hydroxyl groups is 1. The number of carbonyl (C=O) groups is 1. The zero-order chi connectivity index (χ0) is 27.2. The maximum atomic E-state index is 12.2. The van der Waals surface area contributed by atoms with E-state index in [4.69, 9.17) is 4.42 Å². The van der Waals surface area contributed by atoms with Gasteiger partial charge in [0.25, 0.3) is 0 Å². The summed E-state index contributed by atoms with van der Waals surface area (Å²) in [7, 11) is 0. The van der Waals surface area contributed by atoms with E-state index in [0.717, 1.165) is 59.0 Å². The number of furan rings is 1. The van der Waals surface area contributed by atoms with Gasteiger partial charge in [0.15, 0.2) is 5.78 Å². The van der Waals surface area contributed by atoms with Gasteiger partial charge in [-0.15, -0.1) is 18.2 Å². The molecule has 4 aromatic rings. The third-order valence-corrected chi connectivity index (χ3v) is 7.96. The Morgan fingerprint density at radius 3 is 2.21 bits per heavy atom. The number of nitrogens with zero attached hydrogens (tertiary/aromatic N) is 2. The number of hydrogen-bond acceptors (Lipinski definition) is 5. The largest absolute Gasteiger partial charge is 0.512 e. The van der Waals surface area contributed by atoms with E-state index in [2.05, 4.69) is 16.0 Å². The molecule has 38 heavy (non-hydrogen) atoms. The third kappa shape index (κ3) is 6.59. The minimum atomic E-state index is -0.337. The first kappa shape index (κ1) is 31.4. The second kappa shape index (κ2) is 13.3. The van der Waals surface area contributed by atoms with Crippen molar-refractivity contribution < 1.29 is 34.4 Å². The Balaban J connectivity index is 0.000000265. The van der Waals surface area contributed by atoms with E-state index < -0.39 is 0 Å². The molecule has 0 atom stereocenters. The number of pyridine rings is 2. The van der Waals surface area contributed by atoms with Gasteiger partial charge in [0.2, 0.25) is 5.71 Å². The number of carbonyl (C=O) groups excluding carboxylic acids is 1. The Hall–Kier alpha value is -2.82. The Morgan fingerprint density at radius 1 is 0.974 bits per heavy atom. The smallest absolute Gasteiger partial charge is 0.216 e. The summed E-state index contributed by atoms with van der Waals surface area (Å²) in [5.74, 6) is 0.286. The zero-order valence-electron chi connectivity index (χ0n) is 23.5. The summed E-state index contributed by atoms with van der Waals surface area (Å²) in [6.45, 7) is 14.0. The van der Waals surface area contributed by atoms with Gasteiger partial charge < -0.3 is 14.5 Å². The molecule has 0 aliphatic carbocycles. The van der Waals surface area contributed by atoms with Crippen LogP contribution in [0.1, 0.15) is 72.9 Å². The van der Waals surface area contributed by atoms with Crippen LogP contribution in [-0.4, -0.2) is 20.9 Å². The number of ketones is 1. The van der Waals surface area contributed by atoms with Crippen molar-refractivity contribution in [2.24, 2.45) is 10.8 Å². The van der Waals surface area contributed by atoms with Gasteiger partial charge in [0.1, 0.15) is 5.76 Å². The first-order valence-corrected chi connectivity index (χ1v) is 13.2. The van der Waals surface area contributed by atoms with Crippen LogP contribution in [0, 0.1) is 23.8 Å². The van der Waals surface area contributed by atoms with E-state index in [9.17, 15) is 9.90 Å². The second-order valence-electron chi connectivity index (χ2n) is 10.1. The normalized spacial score (nSPS) is 12.1. The van der Waals surface area contributed by atoms with Crippen molar-refractivity contribution in [1.29, 1.82) is 0 Å². The summed E-state index contributed by atoms with van der Waals surface area (Å²) in [6.07, 6.45) is 6.53. The van der Waals surface area contributed by atoms with Gasteiger partial charge in [-0.1, -0.05) is 64.6 Å². The molecule has 0 bridgehead atoms. The summed E-state index contributed by atoms with van der Waals surface area (Å²) < 4.78 is 5.94. The van der Waals surface area contributed by atoms with Gasteiger partial charge in [-0.05, 0) is 56.5 Å². The number of benzene rings is 1. The summed E-state index contributed by atoms with van der Waals surface area (Å²) in [5, 5.41) is 12.2. The van der Waals surface area contributed by atoms with Crippen LogP contribution in [0.4, 0.5) is 0 Å². The summed E-state index contributed by atoms with van der Waals surface area (Å²) >= 11 is 0. The molecule has 0 saturated carbocycles. The molecule has 0 fully saturated rings. The molecule has 1 N–H and O–H groups in total. The predicted molar refractivity (Wildman–Crippen MR) is 151 cm³/mol. The van der Waals surface area contributed by atoms with E-state index >= 15 is 0 Å². The fraction of sp³-hybridized carbons (Fsp3) is 0.406.